The number of esters is 1. The van der Waals surface area contributed by atoms with Gasteiger partial charge in [0.15, 0.2) is 5.78 Å². The number of hydrogen-bond acceptors (Lipinski definition) is 6. The highest BCUT2D eigenvalue weighted by molar-refractivity contribution is 6.19. The first-order valence-electron chi connectivity index (χ1n) is 11.4. The summed E-state index contributed by atoms with van der Waals surface area (Å²) in [7, 11) is 0. The maximum Gasteiger partial charge on any atom is 0.342 e. The van der Waals surface area contributed by atoms with Crippen molar-refractivity contribution in [2.75, 3.05) is 13.1 Å². The van der Waals surface area contributed by atoms with E-state index in [0.717, 1.165) is 17.7 Å². The van der Waals surface area contributed by atoms with E-state index in [1.54, 1.807) is 6.07 Å². The number of ketones is 1. The summed E-state index contributed by atoms with van der Waals surface area (Å²) in [4.78, 5) is 37.9. The summed E-state index contributed by atoms with van der Waals surface area (Å²) in [6, 6.07) is 26.2. The molecule has 1 unspecified atom stereocenters. The number of benzene rings is 3. The Balaban J connectivity index is 1.51. The Morgan fingerprint density at radius 1 is 1.00 bits per heavy atom. The Kier molecular flexibility index (Phi) is 7.48. The van der Waals surface area contributed by atoms with E-state index in [2.05, 4.69) is 29.2 Å². The first-order valence-corrected chi connectivity index (χ1v) is 11.4. The largest absolute Gasteiger partial charge is 0.457 e. The highest BCUT2D eigenvalue weighted by Crippen LogP contribution is 2.32. The van der Waals surface area contributed by atoms with Crippen LogP contribution in [0.2, 0.25) is 0 Å². The molecular formula is C28H26N2O5. The lowest BCUT2D eigenvalue weighted by atomic mass is 9.97. The molecule has 7 heteroatoms. The minimum Gasteiger partial charge on any atom is -0.457 e. The van der Waals surface area contributed by atoms with Gasteiger partial charge in [-0.15, -0.1) is 0 Å². The van der Waals surface area contributed by atoms with Gasteiger partial charge in [-0.25, -0.2) is 4.79 Å². The van der Waals surface area contributed by atoms with Gasteiger partial charge in [-0.1, -0.05) is 72.8 Å². The van der Waals surface area contributed by atoms with Crippen molar-refractivity contribution in [3.63, 3.8) is 0 Å². The number of non-ortho nitro benzene ring substituents is 1. The lowest BCUT2D eigenvalue weighted by Gasteiger charge is -2.28. The zero-order chi connectivity index (χ0) is 24.8. The molecule has 3 aromatic carbocycles. The summed E-state index contributed by atoms with van der Waals surface area (Å²) < 4.78 is 5.73. The van der Waals surface area contributed by atoms with E-state index in [1.165, 1.54) is 31.2 Å². The number of carbonyl (C=O) groups excluding carboxylic acids is 2. The average molecular weight is 471 g/mol. The SMILES string of the molecule is CC(=O)C(=Cc1cccc([N+](=O)[O-])c1)C(=O)OC1CCN(C(c2ccccc2)c2ccccc2)C1. The van der Waals surface area contributed by atoms with Gasteiger partial charge in [-0.2, -0.15) is 0 Å². The minimum atomic E-state index is -0.716. The number of nitro groups is 1. The summed E-state index contributed by atoms with van der Waals surface area (Å²) in [5, 5.41) is 11.0. The van der Waals surface area contributed by atoms with Crippen LogP contribution in [0.3, 0.4) is 0 Å². The average Bonchev–Trinajstić information content (AvgIpc) is 3.31. The van der Waals surface area contributed by atoms with Crippen LogP contribution in [0.15, 0.2) is 90.5 Å². The van der Waals surface area contributed by atoms with Crippen LogP contribution in [-0.2, 0) is 14.3 Å². The number of likely N-dealkylation sites (tertiary alicyclic amines) is 1. The quantitative estimate of drug-likeness (QED) is 0.115. The molecule has 0 aromatic heterocycles. The van der Waals surface area contributed by atoms with Crippen LogP contribution in [0.5, 0.6) is 0 Å². The standard InChI is InChI=1S/C28H26N2O5/c1-20(31)26(18-21-9-8-14-24(17-21)30(33)34)28(32)35-25-15-16-29(19-25)27(22-10-4-2-5-11-22)23-12-6-3-7-13-23/h2-14,17-18,25,27H,15-16,19H2,1H3. The Bertz CT molecular complexity index is 1200. The van der Waals surface area contributed by atoms with Crippen molar-refractivity contribution < 1.29 is 19.2 Å². The second kappa shape index (κ2) is 10.9. The van der Waals surface area contributed by atoms with Crippen molar-refractivity contribution in [3.05, 3.63) is 117 Å². The van der Waals surface area contributed by atoms with Crippen molar-refractivity contribution in [1.29, 1.82) is 0 Å². The van der Waals surface area contributed by atoms with Crippen molar-refractivity contribution in [1.82, 2.24) is 4.90 Å². The number of nitrogens with zero attached hydrogens (tertiary/aromatic N) is 2. The summed E-state index contributed by atoms with van der Waals surface area (Å²) in [5.41, 5.74) is 2.45. The molecule has 4 rings (SSSR count). The van der Waals surface area contributed by atoms with Gasteiger partial charge in [0, 0.05) is 25.2 Å². The Morgan fingerprint density at radius 2 is 1.63 bits per heavy atom. The molecule has 0 radical (unpaired) electrons. The minimum absolute atomic E-state index is 0.0220. The Hall–Kier alpha value is -4.10. The van der Waals surface area contributed by atoms with Crippen molar-refractivity contribution >= 4 is 23.5 Å². The van der Waals surface area contributed by atoms with Gasteiger partial charge in [-0.05, 0) is 36.1 Å². The van der Waals surface area contributed by atoms with E-state index in [4.69, 9.17) is 4.74 Å². The van der Waals surface area contributed by atoms with Gasteiger partial charge >= 0.3 is 5.97 Å². The molecule has 3 aromatic rings. The second-order valence-corrected chi connectivity index (χ2v) is 8.50. The van der Waals surface area contributed by atoms with E-state index in [9.17, 15) is 19.7 Å². The molecule has 0 spiro atoms. The Morgan fingerprint density at radius 3 is 2.20 bits per heavy atom. The van der Waals surface area contributed by atoms with Crippen LogP contribution in [0.1, 0.15) is 36.1 Å². The fourth-order valence-electron chi connectivity index (χ4n) is 4.38. The third-order valence-electron chi connectivity index (χ3n) is 6.04. The van der Waals surface area contributed by atoms with Crippen LogP contribution < -0.4 is 0 Å². The molecule has 0 saturated carbocycles. The number of hydrogen-bond donors (Lipinski definition) is 0. The van der Waals surface area contributed by atoms with Crippen molar-refractivity contribution in [2.45, 2.75) is 25.5 Å². The zero-order valence-electron chi connectivity index (χ0n) is 19.4. The van der Waals surface area contributed by atoms with Crippen LogP contribution >= 0.6 is 0 Å². The fraction of sp³-hybridized carbons (Fsp3) is 0.214. The smallest absolute Gasteiger partial charge is 0.342 e. The molecule has 1 fully saturated rings. The number of Topliss-reactive ketones (excluding diaryl/α,β-unsaturated/α-hetero) is 1. The predicted octanol–water partition coefficient (Wildman–Crippen LogP) is 4.97. The van der Waals surface area contributed by atoms with Gasteiger partial charge in [-0.3, -0.25) is 19.8 Å². The van der Waals surface area contributed by atoms with E-state index in [-0.39, 0.29) is 23.4 Å². The maximum absolute atomic E-state index is 12.9. The normalized spacial score (nSPS) is 16.3. The highest BCUT2D eigenvalue weighted by atomic mass is 16.6. The summed E-state index contributed by atoms with van der Waals surface area (Å²) in [6.45, 7) is 2.55. The molecule has 178 valence electrons. The molecule has 35 heavy (non-hydrogen) atoms. The third kappa shape index (κ3) is 5.88. The highest BCUT2D eigenvalue weighted by Gasteiger charge is 2.33. The molecule has 0 bridgehead atoms. The molecule has 1 atom stereocenters. The molecule has 1 heterocycles. The second-order valence-electron chi connectivity index (χ2n) is 8.50. The Labute approximate surface area is 203 Å². The van der Waals surface area contributed by atoms with E-state index in [1.807, 2.05) is 36.4 Å². The van der Waals surface area contributed by atoms with E-state index in [0.29, 0.717) is 18.5 Å². The summed E-state index contributed by atoms with van der Waals surface area (Å²) >= 11 is 0. The van der Waals surface area contributed by atoms with Gasteiger partial charge in [0.1, 0.15) is 11.7 Å². The monoisotopic (exact) mass is 470 g/mol. The molecule has 1 aliphatic heterocycles. The lowest BCUT2D eigenvalue weighted by molar-refractivity contribution is -0.384. The lowest BCUT2D eigenvalue weighted by Crippen LogP contribution is -2.30. The van der Waals surface area contributed by atoms with Crippen LogP contribution in [0, 0.1) is 10.1 Å². The van der Waals surface area contributed by atoms with Crippen molar-refractivity contribution in [3.8, 4) is 0 Å². The molecule has 1 aliphatic rings. The molecule has 7 nitrogen and oxygen atoms in total. The summed E-state index contributed by atoms with van der Waals surface area (Å²) in [5.74, 6) is -1.17. The summed E-state index contributed by atoms with van der Waals surface area (Å²) in [6.07, 6.45) is 1.62. The maximum atomic E-state index is 12.9. The van der Waals surface area contributed by atoms with Gasteiger partial charge in [0.2, 0.25) is 0 Å². The molecule has 0 amide bonds. The number of rotatable bonds is 8. The number of nitro benzene ring substituents is 1. The van der Waals surface area contributed by atoms with Crippen LogP contribution in [-0.4, -0.2) is 40.8 Å². The van der Waals surface area contributed by atoms with Crippen LogP contribution in [0.4, 0.5) is 5.69 Å². The third-order valence-corrected chi connectivity index (χ3v) is 6.04. The van der Waals surface area contributed by atoms with Crippen LogP contribution in [0.25, 0.3) is 6.08 Å². The first-order chi connectivity index (χ1) is 16.9. The molecule has 1 saturated heterocycles. The van der Waals surface area contributed by atoms with E-state index >= 15 is 0 Å². The van der Waals surface area contributed by atoms with E-state index < -0.39 is 16.7 Å². The predicted molar refractivity (Wildman–Crippen MR) is 133 cm³/mol. The zero-order valence-corrected chi connectivity index (χ0v) is 19.4. The van der Waals surface area contributed by atoms with Gasteiger partial charge < -0.3 is 4.74 Å². The number of ether oxygens (including phenoxy) is 1. The van der Waals surface area contributed by atoms with Gasteiger partial charge in [0.25, 0.3) is 5.69 Å². The molecule has 0 N–H and O–H groups in total. The first kappa shape index (κ1) is 24.0. The van der Waals surface area contributed by atoms with Gasteiger partial charge in [0.05, 0.1) is 11.0 Å². The fourth-order valence-corrected chi connectivity index (χ4v) is 4.38. The topological polar surface area (TPSA) is 89.8 Å². The number of carbonyl (C=O) groups is 2. The van der Waals surface area contributed by atoms with Crippen molar-refractivity contribution in [2.24, 2.45) is 0 Å². The molecule has 0 aliphatic carbocycles. The molecular weight excluding hydrogens is 444 g/mol.